The summed E-state index contributed by atoms with van der Waals surface area (Å²) in [5, 5.41) is 0. The van der Waals surface area contributed by atoms with Gasteiger partial charge in [0.25, 0.3) is 0 Å². The molecule has 214 valence electrons. The van der Waals surface area contributed by atoms with Gasteiger partial charge in [0.05, 0.1) is 5.69 Å². The highest BCUT2D eigenvalue weighted by Gasteiger charge is 2.38. The number of fused-ring (bicyclic) bond motifs is 5. The molecule has 0 N–H and O–H groups in total. The number of anilines is 3. The van der Waals surface area contributed by atoms with E-state index in [1.807, 2.05) is 0 Å². The Labute approximate surface area is 260 Å². The van der Waals surface area contributed by atoms with Crippen molar-refractivity contribution in [3.8, 4) is 33.8 Å². The van der Waals surface area contributed by atoms with Crippen LogP contribution in [0, 0.1) is 0 Å². The molecule has 1 heterocycles. The van der Waals surface area contributed by atoms with Crippen LogP contribution in [0.4, 0.5) is 17.1 Å². The summed E-state index contributed by atoms with van der Waals surface area (Å²) in [6.07, 6.45) is 0. The van der Waals surface area contributed by atoms with Crippen molar-refractivity contribution in [2.24, 2.45) is 0 Å². The summed E-state index contributed by atoms with van der Waals surface area (Å²) < 4.78 is 6.80. The van der Waals surface area contributed by atoms with Crippen LogP contribution in [0.5, 0.6) is 11.5 Å². The third-order valence-corrected chi connectivity index (χ3v) is 9.74. The minimum atomic E-state index is -0.204. The molecule has 0 bridgehead atoms. The zero-order chi connectivity index (χ0) is 30.1. The van der Waals surface area contributed by atoms with Gasteiger partial charge in [0.1, 0.15) is 5.75 Å². The molecule has 6 aromatic carbocycles. The van der Waals surface area contributed by atoms with Gasteiger partial charge in [-0.15, -0.1) is 0 Å². The van der Waals surface area contributed by atoms with E-state index in [1.54, 1.807) is 0 Å². The molecule has 1 aliphatic carbocycles. The molecule has 6 aromatic rings. The van der Waals surface area contributed by atoms with Crippen LogP contribution >= 0.6 is 0 Å². The Bertz CT molecular complexity index is 2040. The molecule has 0 saturated heterocycles. The highest BCUT2D eigenvalue weighted by molar-refractivity contribution is 5.88. The fourth-order valence-corrected chi connectivity index (χ4v) is 7.32. The lowest BCUT2D eigenvalue weighted by atomic mass is 9.75. The number of hydrogen-bond acceptors (Lipinski definition) is 2. The maximum Gasteiger partial charge on any atom is 0.155 e. The number of rotatable bonds is 4. The Kier molecular flexibility index (Phi) is 5.86. The molecular formula is C42H35NO. The third kappa shape index (κ3) is 3.94. The second-order valence-electron chi connectivity index (χ2n) is 13.0. The van der Waals surface area contributed by atoms with E-state index in [2.05, 4.69) is 172 Å². The van der Waals surface area contributed by atoms with Crippen LogP contribution in [0.15, 0.2) is 140 Å². The molecule has 2 nitrogen and oxygen atoms in total. The molecule has 2 heteroatoms. The summed E-state index contributed by atoms with van der Waals surface area (Å²) in [6, 6.07) is 50.3. The fraction of sp³-hybridized carbons (Fsp3) is 0.143. The minimum Gasteiger partial charge on any atom is -0.455 e. The molecule has 1 aliphatic heterocycles. The molecule has 0 radical (unpaired) electrons. The normalized spacial score (nSPS) is 14.9. The first kappa shape index (κ1) is 26.5. The van der Waals surface area contributed by atoms with Crippen LogP contribution in [-0.2, 0) is 10.8 Å². The van der Waals surface area contributed by atoms with Gasteiger partial charge in [0.15, 0.2) is 5.75 Å². The van der Waals surface area contributed by atoms with Gasteiger partial charge in [-0.25, -0.2) is 0 Å². The van der Waals surface area contributed by atoms with Crippen LogP contribution in [0.3, 0.4) is 0 Å². The first-order valence-electron chi connectivity index (χ1n) is 15.4. The molecule has 0 spiro atoms. The second-order valence-corrected chi connectivity index (χ2v) is 13.0. The van der Waals surface area contributed by atoms with Crippen LogP contribution in [-0.4, -0.2) is 0 Å². The van der Waals surface area contributed by atoms with Crippen molar-refractivity contribution in [3.63, 3.8) is 0 Å². The summed E-state index contributed by atoms with van der Waals surface area (Å²) in [7, 11) is 0. The Hall–Kier alpha value is -5.08. The minimum absolute atomic E-state index is 0.0989. The molecule has 8 rings (SSSR count). The van der Waals surface area contributed by atoms with E-state index in [-0.39, 0.29) is 10.8 Å². The topological polar surface area (TPSA) is 12.5 Å². The van der Waals surface area contributed by atoms with E-state index in [9.17, 15) is 0 Å². The molecule has 44 heavy (non-hydrogen) atoms. The largest absolute Gasteiger partial charge is 0.455 e. The van der Waals surface area contributed by atoms with Crippen LogP contribution in [0.1, 0.15) is 49.9 Å². The Morgan fingerprint density at radius 1 is 0.455 bits per heavy atom. The van der Waals surface area contributed by atoms with Gasteiger partial charge in [0.2, 0.25) is 0 Å². The standard InChI is InChI=1S/C42H35NO/c1-41(2)34-16-9-8-15-32(34)33-26-25-31(27-37(33)41)43(30-23-21-29(22-24-30)28-13-6-5-7-14-28)38-19-12-18-36-40(38)44-39-20-11-10-17-35(39)42(36,3)4/h5-27H,1-4H3. The van der Waals surface area contributed by atoms with Gasteiger partial charge in [-0.05, 0) is 69.8 Å². The lowest BCUT2D eigenvalue weighted by Crippen LogP contribution is -2.25. The van der Waals surface area contributed by atoms with Gasteiger partial charge < -0.3 is 9.64 Å². The average molecular weight is 570 g/mol. The van der Waals surface area contributed by atoms with Gasteiger partial charge in [-0.3, -0.25) is 0 Å². The number of ether oxygens (including phenoxy) is 1. The summed E-state index contributed by atoms with van der Waals surface area (Å²) in [5.74, 6) is 1.83. The molecule has 0 atom stereocenters. The monoisotopic (exact) mass is 569 g/mol. The molecular weight excluding hydrogens is 534 g/mol. The summed E-state index contributed by atoms with van der Waals surface area (Å²) >= 11 is 0. The highest BCUT2D eigenvalue weighted by Crippen LogP contribution is 2.55. The molecule has 0 saturated carbocycles. The molecule has 0 unspecified atom stereocenters. The SMILES string of the molecule is CC1(C)c2ccccc2-c2ccc(N(c3ccc(-c4ccccc4)cc3)c3cccc4c3Oc3ccccc3C4(C)C)cc21. The first-order chi connectivity index (χ1) is 21.3. The Morgan fingerprint density at radius 3 is 1.84 bits per heavy atom. The third-order valence-electron chi connectivity index (χ3n) is 9.74. The molecule has 0 aromatic heterocycles. The van der Waals surface area contributed by atoms with Crippen molar-refractivity contribution in [1.82, 2.24) is 0 Å². The van der Waals surface area contributed by atoms with E-state index in [1.165, 1.54) is 44.5 Å². The zero-order valence-corrected chi connectivity index (χ0v) is 25.6. The smallest absolute Gasteiger partial charge is 0.155 e. The summed E-state index contributed by atoms with van der Waals surface area (Å²) in [5.41, 5.74) is 13.1. The molecule has 0 fully saturated rings. The predicted molar refractivity (Wildman–Crippen MR) is 183 cm³/mol. The van der Waals surface area contributed by atoms with Gasteiger partial charge in [-0.2, -0.15) is 0 Å². The van der Waals surface area contributed by atoms with E-state index < -0.39 is 0 Å². The highest BCUT2D eigenvalue weighted by atomic mass is 16.5. The number of nitrogens with zero attached hydrogens (tertiary/aromatic N) is 1. The first-order valence-corrected chi connectivity index (χ1v) is 15.4. The average Bonchev–Trinajstić information content (AvgIpc) is 3.28. The van der Waals surface area contributed by atoms with Crippen LogP contribution in [0.25, 0.3) is 22.3 Å². The molecule has 2 aliphatic rings. The maximum atomic E-state index is 6.80. The van der Waals surface area contributed by atoms with Crippen LogP contribution < -0.4 is 9.64 Å². The van der Waals surface area contributed by atoms with Crippen molar-refractivity contribution < 1.29 is 4.74 Å². The van der Waals surface area contributed by atoms with Crippen molar-refractivity contribution in [2.75, 3.05) is 4.90 Å². The predicted octanol–water partition coefficient (Wildman–Crippen LogP) is 11.6. The van der Waals surface area contributed by atoms with Gasteiger partial charge in [0, 0.05) is 33.3 Å². The number of hydrogen-bond donors (Lipinski definition) is 0. The molecule has 0 amide bonds. The van der Waals surface area contributed by atoms with Crippen molar-refractivity contribution in [2.45, 2.75) is 38.5 Å². The lowest BCUT2D eigenvalue weighted by molar-refractivity contribution is 0.419. The summed E-state index contributed by atoms with van der Waals surface area (Å²) in [6.45, 7) is 9.27. The van der Waals surface area contributed by atoms with E-state index in [0.29, 0.717) is 0 Å². The van der Waals surface area contributed by atoms with Crippen molar-refractivity contribution in [1.29, 1.82) is 0 Å². The lowest BCUT2D eigenvalue weighted by Gasteiger charge is -2.37. The quantitative estimate of drug-likeness (QED) is 0.209. The van der Waals surface area contributed by atoms with Gasteiger partial charge >= 0.3 is 0 Å². The zero-order valence-electron chi connectivity index (χ0n) is 25.6. The van der Waals surface area contributed by atoms with Crippen molar-refractivity contribution >= 4 is 17.1 Å². The number of benzene rings is 6. The van der Waals surface area contributed by atoms with Crippen LogP contribution in [0.2, 0.25) is 0 Å². The van der Waals surface area contributed by atoms with E-state index in [0.717, 1.165) is 28.6 Å². The fourth-order valence-electron chi connectivity index (χ4n) is 7.32. The van der Waals surface area contributed by atoms with E-state index >= 15 is 0 Å². The second kappa shape index (κ2) is 9.72. The Morgan fingerprint density at radius 2 is 1.05 bits per heavy atom. The van der Waals surface area contributed by atoms with Crippen molar-refractivity contribution in [3.05, 3.63) is 162 Å². The maximum absolute atomic E-state index is 6.80. The Balaban J connectivity index is 1.33. The van der Waals surface area contributed by atoms with E-state index in [4.69, 9.17) is 4.74 Å². The number of para-hydroxylation sites is 2. The van der Waals surface area contributed by atoms with Gasteiger partial charge in [-0.1, -0.05) is 131 Å². The summed E-state index contributed by atoms with van der Waals surface area (Å²) in [4.78, 5) is 2.37.